The van der Waals surface area contributed by atoms with Gasteiger partial charge >= 0.3 is 0 Å². The molecule has 0 saturated carbocycles. The predicted molar refractivity (Wildman–Crippen MR) is 85.9 cm³/mol. The summed E-state index contributed by atoms with van der Waals surface area (Å²) < 4.78 is 5.50. The molecule has 3 rings (SSSR count). The number of aromatic nitrogens is 1. The molecule has 1 fully saturated rings. The highest BCUT2D eigenvalue weighted by Gasteiger charge is 2.24. The van der Waals surface area contributed by atoms with Crippen LogP contribution in [0.3, 0.4) is 0 Å². The van der Waals surface area contributed by atoms with E-state index in [-0.39, 0.29) is 11.9 Å². The van der Waals surface area contributed by atoms with Crippen molar-refractivity contribution in [2.45, 2.75) is 19.9 Å². The molecule has 0 bridgehead atoms. The van der Waals surface area contributed by atoms with Crippen molar-refractivity contribution in [1.82, 2.24) is 14.8 Å². The van der Waals surface area contributed by atoms with Gasteiger partial charge in [-0.1, -0.05) is 0 Å². The summed E-state index contributed by atoms with van der Waals surface area (Å²) in [6.45, 7) is 7.62. The van der Waals surface area contributed by atoms with Crippen molar-refractivity contribution >= 4 is 22.7 Å². The topological polar surface area (TPSA) is 61.6 Å². The number of oxazole rings is 1. The Labute approximate surface area is 130 Å². The van der Waals surface area contributed by atoms with E-state index in [9.17, 15) is 4.79 Å². The van der Waals surface area contributed by atoms with Gasteiger partial charge in [0.05, 0.1) is 6.04 Å². The van der Waals surface area contributed by atoms with Gasteiger partial charge in [-0.25, -0.2) is 4.98 Å². The molecule has 0 radical (unpaired) electrons. The fourth-order valence-electron chi connectivity index (χ4n) is 2.74. The minimum absolute atomic E-state index is 0.0140. The predicted octanol–water partition coefficient (Wildman–Crippen LogP) is 1.71. The van der Waals surface area contributed by atoms with Gasteiger partial charge < -0.3 is 14.6 Å². The van der Waals surface area contributed by atoms with Crippen LogP contribution in [0.4, 0.5) is 5.69 Å². The number of piperazine rings is 1. The van der Waals surface area contributed by atoms with Crippen LogP contribution in [-0.4, -0.2) is 60.0 Å². The normalized spacial score (nSPS) is 18.5. The average molecular weight is 302 g/mol. The second-order valence-corrected chi connectivity index (χ2v) is 5.92. The van der Waals surface area contributed by atoms with Gasteiger partial charge in [-0.3, -0.25) is 9.69 Å². The standard InChI is InChI=1S/C16H22N4O2/c1-11(20-8-6-19(3)7-9-20)16(21)18-13-4-5-14-15(10-13)22-12(2)17-14/h4-5,10-11H,6-9H2,1-3H3,(H,18,21)/t11-/m0/s1. The molecule has 118 valence electrons. The summed E-state index contributed by atoms with van der Waals surface area (Å²) in [6.07, 6.45) is 0. The van der Waals surface area contributed by atoms with Crippen LogP contribution in [0.2, 0.25) is 0 Å². The maximum Gasteiger partial charge on any atom is 0.241 e. The van der Waals surface area contributed by atoms with Crippen molar-refractivity contribution in [3.63, 3.8) is 0 Å². The zero-order chi connectivity index (χ0) is 15.7. The molecule has 1 aliphatic heterocycles. The zero-order valence-corrected chi connectivity index (χ0v) is 13.3. The number of carbonyl (C=O) groups excluding carboxylic acids is 1. The molecule has 0 spiro atoms. The molecular formula is C16H22N4O2. The largest absolute Gasteiger partial charge is 0.441 e. The van der Waals surface area contributed by atoms with Gasteiger partial charge in [-0.15, -0.1) is 0 Å². The second-order valence-electron chi connectivity index (χ2n) is 5.92. The molecule has 2 heterocycles. The third-order valence-electron chi connectivity index (χ3n) is 4.23. The van der Waals surface area contributed by atoms with Gasteiger partial charge in [0.25, 0.3) is 0 Å². The summed E-state index contributed by atoms with van der Waals surface area (Å²) in [4.78, 5) is 21.2. The summed E-state index contributed by atoms with van der Waals surface area (Å²) in [5.41, 5.74) is 2.25. The second kappa shape index (κ2) is 6.06. The lowest BCUT2D eigenvalue weighted by molar-refractivity contribution is -0.121. The number of nitrogens with zero attached hydrogens (tertiary/aromatic N) is 3. The van der Waals surface area contributed by atoms with Crippen LogP contribution in [0.5, 0.6) is 0 Å². The molecule has 1 N–H and O–H groups in total. The van der Waals surface area contributed by atoms with E-state index < -0.39 is 0 Å². The Morgan fingerprint density at radius 3 is 2.77 bits per heavy atom. The molecule has 0 unspecified atom stereocenters. The zero-order valence-electron chi connectivity index (χ0n) is 13.3. The van der Waals surface area contributed by atoms with Gasteiger partial charge in [0.1, 0.15) is 5.52 Å². The van der Waals surface area contributed by atoms with Gasteiger partial charge in [-0.2, -0.15) is 0 Å². The minimum Gasteiger partial charge on any atom is -0.441 e. The number of aryl methyl sites for hydroxylation is 1. The van der Waals surface area contributed by atoms with Gasteiger partial charge in [0.2, 0.25) is 5.91 Å². The van der Waals surface area contributed by atoms with Gasteiger partial charge in [-0.05, 0) is 26.1 Å². The highest BCUT2D eigenvalue weighted by Crippen LogP contribution is 2.20. The van der Waals surface area contributed by atoms with E-state index in [0.29, 0.717) is 11.5 Å². The van der Waals surface area contributed by atoms with Crippen molar-refractivity contribution < 1.29 is 9.21 Å². The molecule has 1 saturated heterocycles. The first-order valence-electron chi connectivity index (χ1n) is 7.63. The van der Waals surface area contributed by atoms with Crippen LogP contribution < -0.4 is 5.32 Å². The molecule has 1 atom stereocenters. The van der Waals surface area contributed by atoms with Crippen LogP contribution in [-0.2, 0) is 4.79 Å². The third-order valence-corrected chi connectivity index (χ3v) is 4.23. The molecule has 22 heavy (non-hydrogen) atoms. The van der Waals surface area contributed by atoms with E-state index >= 15 is 0 Å². The van der Waals surface area contributed by atoms with E-state index in [4.69, 9.17) is 4.42 Å². The van der Waals surface area contributed by atoms with Crippen molar-refractivity contribution in [3.8, 4) is 0 Å². The van der Waals surface area contributed by atoms with Crippen LogP contribution in [0, 0.1) is 6.92 Å². The first-order chi connectivity index (χ1) is 10.5. The lowest BCUT2D eigenvalue weighted by atomic mass is 10.2. The van der Waals surface area contributed by atoms with E-state index in [2.05, 4.69) is 27.1 Å². The number of carbonyl (C=O) groups is 1. The Morgan fingerprint density at radius 1 is 1.32 bits per heavy atom. The molecule has 6 nitrogen and oxygen atoms in total. The molecule has 1 aromatic heterocycles. The third kappa shape index (κ3) is 3.13. The molecular weight excluding hydrogens is 280 g/mol. The number of anilines is 1. The maximum absolute atomic E-state index is 12.4. The molecule has 1 aromatic carbocycles. The minimum atomic E-state index is -0.138. The first-order valence-corrected chi connectivity index (χ1v) is 7.63. The Kier molecular flexibility index (Phi) is 4.13. The lowest BCUT2D eigenvalue weighted by Crippen LogP contribution is -2.51. The fraction of sp³-hybridized carbons (Fsp3) is 0.500. The van der Waals surface area contributed by atoms with E-state index in [1.54, 1.807) is 0 Å². The van der Waals surface area contributed by atoms with Gasteiger partial charge in [0.15, 0.2) is 11.5 Å². The monoisotopic (exact) mass is 302 g/mol. The van der Waals surface area contributed by atoms with Gasteiger partial charge in [0, 0.05) is 44.9 Å². The molecule has 1 aliphatic rings. The highest BCUT2D eigenvalue weighted by molar-refractivity contribution is 5.96. The lowest BCUT2D eigenvalue weighted by Gasteiger charge is -2.35. The Balaban J connectivity index is 1.66. The first kappa shape index (κ1) is 15.0. The average Bonchev–Trinajstić information content (AvgIpc) is 2.86. The summed E-state index contributed by atoms with van der Waals surface area (Å²) in [7, 11) is 2.11. The van der Waals surface area contributed by atoms with Crippen LogP contribution in [0.25, 0.3) is 11.1 Å². The number of amides is 1. The Bertz CT molecular complexity index is 674. The van der Waals surface area contributed by atoms with Crippen LogP contribution >= 0.6 is 0 Å². The maximum atomic E-state index is 12.4. The molecule has 6 heteroatoms. The quantitative estimate of drug-likeness (QED) is 0.935. The SMILES string of the molecule is Cc1nc2ccc(NC(=O)[C@H](C)N3CCN(C)CC3)cc2o1. The smallest absolute Gasteiger partial charge is 0.241 e. The van der Waals surface area contributed by atoms with Crippen LogP contribution in [0.1, 0.15) is 12.8 Å². The number of rotatable bonds is 3. The number of likely N-dealkylation sites (N-methyl/N-ethyl adjacent to an activating group) is 1. The Hall–Kier alpha value is -1.92. The number of hydrogen-bond acceptors (Lipinski definition) is 5. The summed E-state index contributed by atoms with van der Waals surface area (Å²) in [5.74, 6) is 0.643. The summed E-state index contributed by atoms with van der Waals surface area (Å²) in [6, 6.07) is 5.41. The van der Waals surface area contributed by atoms with E-state index in [1.807, 2.05) is 32.0 Å². The van der Waals surface area contributed by atoms with Crippen molar-refractivity contribution in [3.05, 3.63) is 24.1 Å². The number of nitrogens with one attached hydrogen (secondary N) is 1. The van der Waals surface area contributed by atoms with Crippen molar-refractivity contribution in [1.29, 1.82) is 0 Å². The van der Waals surface area contributed by atoms with Crippen LogP contribution in [0.15, 0.2) is 22.6 Å². The molecule has 1 amide bonds. The fourth-order valence-corrected chi connectivity index (χ4v) is 2.74. The molecule has 0 aliphatic carbocycles. The highest BCUT2D eigenvalue weighted by atomic mass is 16.3. The summed E-state index contributed by atoms with van der Waals surface area (Å²) in [5, 5.41) is 2.97. The number of benzene rings is 1. The molecule has 2 aromatic rings. The van der Waals surface area contributed by atoms with Crippen molar-refractivity contribution in [2.24, 2.45) is 0 Å². The number of fused-ring (bicyclic) bond motifs is 1. The van der Waals surface area contributed by atoms with E-state index in [0.717, 1.165) is 37.4 Å². The summed E-state index contributed by atoms with van der Waals surface area (Å²) >= 11 is 0. The van der Waals surface area contributed by atoms with E-state index in [1.165, 1.54) is 0 Å². The van der Waals surface area contributed by atoms with Crippen molar-refractivity contribution in [2.75, 3.05) is 38.5 Å². The number of hydrogen-bond donors (Lipinski definition) is 1. The Morgan fingerprint density at radius 2 is 2.05 bits per heavy atom.